The van der Waals surface area contributed by atoms with Gasteiger partial charge in [0.2, 0.25) is 0 Å². The van der Waals surface area contributed by atoms with E-state index in [1.165, 1.54) is 0 Å². The largest absolute Gasteiger partial charge is 0.337 e. The fraction of sp³-hybridized carbons (Fsp3) is 0.200. The summed E-state index contributed by atoms with van der Waals surface area (Å²) in [6.45, 7) is 4.15. The van der Waals surface area contributed by atoms with Crippen LogP contribution in [0.15, 0.2) is 41.9 Å². The number of thiazole rings is 1. The first kappa shape index (κ1) is 13.3. The van der Waals surface area contributed by atoms with Crippen LogP contribution in [0.4, 0.5) is 0 Å². The molecule has 0 aliphatic rings. The second-order valence-corrected chi connectivity index (χ2v) is 5.99. The summed E-state index contributed by atoms with van der Waals surface area (Å²) in [6, 6.07) is 10.4. The van der Waals surface area contributed by atoms with E-state index < -0.39 is 0 Å². The second-order valence-electron chi connectivity index (χ2n) is 4.72. The molecule has 1 aromatic carbocycles. The third-order valence-electron chi connectivity index (χ3n) is 3.26. The zero-order valence-electron chi connectivity index (χ0n) is 11.3. The molecule has 3 nitrogen and oxygen atoms in total. The molecule has 0 saturated carbocycles. The maximum atomic E-state index is 5.44. The summed E-state index contributed by atoms with van der Waals surface area (Å²) in [6.07, 6.45) is 1.97. The molecule has 0 saturated heterocycles. The second kappa shape index (κ2) is 5.34. The number of hydrogen-bond donors (Lipinski definition) is 1. The van der Waals surface area contributed by atoms with Crippen LogP contribution in [0.25, 0.3) is 11.3 Å². The standard InChI is InChI=1S/C15H15N3S2/c1-10-9-20-14(17-10)11(2)18-13(8-16-15(18)19)12-6-4-3-5-7-12/h3-9,11H,1-2H3,(H,16,19). The van der Waals surface area contributed by atoms with Crippen molar-refractivity contribution in [2.24, 2.45) is 0 Å². The molecular formula is C15H15N3S2. The van der Waals surface area contributed by atoms with Crippen LogP contribution < -0.4 is 0 Å². The number of H-pyrrole nitrogens is 1. The highest BCUT2D eigenvalue weighted by atomic mass is 32.1. The SMILES string of the molecule is Cc1csc(C(C)n2c(-c3ccccc3)c[nH]c2=S)n1. The Labute approximate surface area is 126 Å². The van der Waals surface area contributed by atoms with E-state index in [1.807, 2.05) is 31.3 Å². The average Bonchev–Trinajstić information content (AvgIpc) is 3.05. The number of aryl methyl sites for hydroxylation is 1. The maximum absolute atomic E-state index is 5.44. The van der Waals surface area contributed by atoms with Crippen molar-refractivity contribution in [2.75, 3.05) is 0 Å². The number of rotatable bonds is 3. The highest BCUT2D eigenvalue weighted by Crippen LogP contribution is 2.28. The molecule has 102 valence electrons. The van der Waals surface area contributed by atoms with E-state index in [9.17, 15) is 0 Å². The summed E-state index contributed by atoms with van der Waals surface area (Å²) < 4.78 is 2.85. The molecule has 1 atom stereocenters. The molecule has 1 unspecified atom stereocenters. The zero-order chi connectivity index (χ0) is 14.1. The molecule has 0 amide bonds. The molecule has 1 N–H and O–H groups in total. The molecule has 0 aliphatic carbocycles. The van der Waals surface area contributed by atoms with E-state index in [4.69, 9.17) is 12.2 Å². The van der Waals surface area contributed by atoms with Crippen LogP contribution in [-0.2, 0) is 0 Å². The summed E-state index contributed by atoms with van der Waals surface area (Å²) in [5, 5.41) is 3.15. The Balaban J connectivity index is 2.10. The van der Waals surface area contributed by atoms with Gasteiger partial charge in [-0.3, -0.25) is 0 Å². The highest BCUT2D eigenvalue weighted by Gasteiger charge is 2.16. The predicted octanol–water partition coefficient (Wildman–Crippen LogP) is 4.59. The highest BCUT2D eigenvalue weighted by molar-refractivity contribution is 7.71. The van der Waals surface area contributed by atoms with Crippen molar-refractivity contribution in [1.82, 2.24) is 14.5 Å². The van der Waals surface area contributed by atoms with Crippen molar-refractivity contribution in [3.05, 3.63) is 57.4 Å². The molecule has 5 heteroatoms. The van der Waals surface area contributed by atoms with Gasteiger partial charge in [0.25, 0.3) is 0 Å². The van der Waals surface area contributed by atoms with E-state index in [2.05, 4.69) is 39.0 Å². The molecule has 0 radical (unpaired) electrons. The first-order valence-electron chi connectivity index (χ1n) is 6.44. The monoisotopic (exact) mass is 301 g/mol. The topological polar surface area (TPSA) is 33.6 Å². The van der Waals surface area contributed by atoms with Crippen molar-refractivity contribution in [3.8, 4) is 11.3 Å². The van der Waals surface area contributed by atoms with Gasteiger partial charge < -0.3 is 9.55 Å². The number of benzene rings is 1. The summed E-state index contributed by atoms with van der Waals surface area (Å²) in [4.78, 5) is 7.73. The fourth-order valence-corrected chi connectivity index (χ4v) is 3.43. The van der Waals surface area contributed by atoms with Gasteiger partial charge in [-0.1, -0.05) is 30.3 Å². The van der Waals surface area contributed by atoms with E-state index in [0.29, 0.717) is 0 Å². The van der Waals surface area contributed by atoms with Gasteiger partial charge in [-0.05, 0) is 31.6 Å². The molecule has 3 rings (SSSR count). The van der Waals surface area contributed by atoms with Gasteiger partial charge >= 0.3 is 0 Å². The lowest BCUT2D eigenvalue weighted by Gasteiger charge is -2.14. The zero-order valence-corrected chi connectivity index (χ0v) is 13.0. The molecule has 2 heterocycles. The smallest absolute Gasteiger partial charge is 0.178 e. The molecular weight excluding hydrogens is 286 g/mol. The van der Waals surface area contributed by atoms with E-state index in [-0.39, 0.29) is 6.04 Å². The predicted molar refractivity (Wildman–Crippen MR) is 85.7 cm³/mol. The van der Waals surface area contributed by atoms with Gasteiger partial charge in [-0.15, -0.1) is 11.3 Å². The van der Waals surface area contributed by atoms with E-state index in [1.54, 1.807) is 11.3 Å². The van der Waals surface area contributed by atoms with Crippen LogP contribution >= 0.6 is 23.6 Å². The van der Waals surface area contributed by atoms with Crippen LogP contribution in [0.5, 0.6) is 0 Å². The Morgan fingerprint density at radius 3 is 2.70 bits per heavy atom. The number of hydrogen-bond acceptors (Lipinski definition) is 3. The van der Waals surface area contributed by atoms with E-state index in [0.717, 1.165) is 26.7 Å². The Kier molecular flexibility index (Phi) is 3.54. The quantitative estimate of drug-likeness (QED) is 0.718. The number of nitrogens with zero attached hydrogens (tertiary/aromatic N) is 2. The minimum Gasteiger partial charge on any atom is -0.337 e. The third kappa shape index (κ3) is 2.34. The van der Waals surface area contributed by atoms with Crippen LogP contribution in [-0.4, -0.2) is 14.5 Å². The summed E-state index contributed by atoms with van der Waals surface area (Å²) in [7, 11) is 0. The van der Waals surface area contributed by atoms with Crippen molar-refractivity contribution >= 4 is 23.6 Å². The number of aromatic amines is 1. The normalized spacial score (nSPS) is 12.5. The lowest BCUT2D eigenvalue weighted by molar-refractivity contribution is 0.630. The van der Waals surface area contributed by atoms with Crippen molar-refractivity contribution in [3.63, 3.8) is 0 Å². The lowest BCUT2D eigenvalue weighted by atomic mass is 10.1. The van der Waals surface area contributed by atoms with Gasteiger partial charge in [0.1, 0.15) is 5.01 Å². The molecule has 2 aromatic heterocycles. The minimum atomic E-state index is 0.127. The maximum Gasteiger partial charge on any atom is 0.178 e. The Hall–Kier alpha value is -1.72. The van der Waals surface area contributed by atoms with Gasteiger partial charge in [0.15, 0.2) is 4.77 Å². The summed E-state index contributed by atoms with van der Waals surface area (Å²) >= 11 is 7.12. The third-order valence-corrected chi connectivity index (χ3v) is 4.71. The Morgan fingerprint density at radius 2 is 2.05 bits per heavy atom. The Bertz CT molecular complexity index is 768. The van der Waals surface area contributed by atoms with E-state index >= 15 is 0 Å². The molecule has 20 heavy (non-hydrogen) atoms. The lowest BCUT2D eigenvalue weighted by Crippen LogP contribution is -2.08. The molecule has 0 aliphatic heterocycles. The van der Waals surface area contributed by atoms with Gasteiger partial charge in [0.05, 0.1) is 11.7 Å². The molecule has 0 spiro atoms. The molecule has 0 bridgehead atoms. The van der Waals surface area contributed by atoms with Gasteiger partial charge in [-0.2, -0.15) is 0 Å². The molecule has 3 aromatic rings. The minimum absolute atomic E-state index is 0.127. The Morgan fingerprint density at radius 1 is 1.30 bits per heavy atom. The summed E-state index contributed by atoms with van der Waals surface area (Å²) in [5.41, 5.74) is 3.30. The fourth-order valence-electron chi connectivity index (χ4n) is 2.27. The first-order valence-corrected chi connectivity index (χ1v) is 7.73. The van der Waals surface area contributed by atoms with Crippen LogP contribution in [0.2, 0.25) is 0 Å². The van der Waals surface area contributed by atoms with Crippen LogP contribution in [0, 0.1) is 11.7 Å². The van der Waals surface area contributed by atoms with Crippen LogP contribution in [0.3, 0.4) is 0 Å². The van der Waals surface area contributed by atoms with Gasteiger partial charge in [-0.25, -0.2) is 4.98 Å². The van der Waals surface area contributed by atoms with Crippen molar-refractivity contribution < 1.29 is 0 Å². The van der Waals surface area contributed by atoms with Crippen molar-refractivity contribution in [2.45, 2.75) is 19.9 Å². The summed E-state index contributed by atoms with van der Waals surface area (Å²) in [5.74, 6) is 0. The number of imidazole rings is 1. The first-order chi connectivity index (χ1) is 9.66. The van der Waals surface area contributed by atoms with Crippen molar-refractivity contribution in [1.29, 1.82) is 0 Å². The van der Waals surface area contributed by atoms with Gasteiger partial charge in [0, 0.05) is 17.3 Å². The average molecular weight is 301 g/mol. The number of nitrogens with one attached hydrogen (secondary N) is 1. The van der Waals surface area contributed by atoms with Crippen LogP contribution in [0.1, 0.15) is 23.7 Å². The number of aromatic nitrogens is 3. The molecule has 0 fully saturated rings.